The molecule has 0 saturated carbocycles. The summed E-state index contributed by atoms with van der Waals surface area (Å²) in [6.07, 6.45) is 3.65. The van der Waals surface area contributed by atoms with Gasteiger partial charge < -0.3 is 14.6 Å². The van der Waals surface area contributed by atoms with E-state index in [4.69, 9.17) is 4.42 Å². The molecule has 1 aliphatic heterocycles. The third-order valence-electron chi connectivity index (χ3n) is 5.32. The van der Waals surface area contributed by atoms with Gasteiger partial charge in [0.1, 0.15) is 5.58 Å². The number of hydrogen-bond donors (Lipinski definition) is 1. The van der Waals surface area contributed by atoms with Crippen LogP contribution in [0.25, 0.3) is 11.0 Å². The minimum absolute atomic E-state index is 0.0145. The average Bonchev–Trinajstić information content (AvgIpc) is 2.95. The van der Waals surface area contributed by atoms with Crippen LogP contribution in [0.1, 0.15) is 56.2 Å². The van der Waals surface area contributed by atoms with Crippen LogP contribution in [-0.4, -0.2) is 35.8 Å². The van der Waals surface area contributed by atoms with Crippen molar-refractivity contribution >= 4 is 22.8 Å². The van der Waals surface area contributed by atoms with Crippen LogP contribution in [0.4, 0.5) is 0 Å². The van der Waals surface area contributed by atoms with Crippen LogP contribution in [0.15, 0.2) is 22.8 Å². The van der Waals surface area contributed by atoms with Crippen LogP contribution in [0, 0.1) is 6.92 Å². The normalized spacial score (nSPS) is 15.7. The van der Waals surface area contributed by atoms with Gasteiger partial charge in [0.05, 0.1) is 12.7 Å². The first-order valence-corrected chi connectivity index (χ1v) is 9.40. The quantitative estimate of drug-likeness (QED) is 0.911. The molecule has 0 bridgehead atoms. The standard InChI is InChI=1S/C21H28N2O3/c1-13(2)18-11-19-16(12-26-20(19)9-14(18)3)10-21(25)22-17-5-7-23(8-6-17)15(4)24/h9,11-13,17H,5-8,10H2,1-4H3,(H,22,25). The van der Waals surface area contributed by atoms with Gasteiger partial charge in [0.25, 0.3) is 0 Å². The number of benzene rings is 1. The summed E-state index contributed by atoms with van der Waals surface area (Å²) in [5.41, 5.74) is 4.28. The summed E-state index contributed by atoms with van der Waals surface area (Å²) in [6, 6.07) is 4.36. The second kappa shape index (κ2) is 7.52. The van der Waals surface area contributed by atoms with E-state index in [0.717, 1.165) is 29.4 Å². The Kier molecular flexibility index (Phi) is 5.35. The second-order valence-corrected chi connectivity index (χ2v) is 7.65. The molecule has 2 amide bonds. The minimum atomic E-state index is 0.0145. The van der Waals surface area contributed by atoms with Crippen molar-refractivity contribution in [3.8, 4) is 0 Å². The van der Waals surface area contributed by atoms with Crippen molar-refractivity contribution in [1.82, 2.24) is 10.2 Å². The Morgan fingerprint density at radius 1 is 1.27 bits per heavy atom. The molecular weight excluding hydrogens is 328 g/mol. The molecule has 0 unspecified atom stereocenters. The lowest BCUT2D eigenvalue weighted by Crippen LogP contribution is -2.46. The number of nitrogens with one attached hydrogen (secondary N) is 1. The van der Waals surface area contributed by atoms with Gasteiger partial charge in [-0.05, 0) is 48.9 Å². The van der Waals surface area contributed by atoms with Crippen molar-refractivity contribution in [2.75, 3.05) is 13.1 Å². The van der Waals surface area contributed by atoms with Gasteiger partial charge in [0, 0.05) is 37.0 Å². The van der Waals surface area contributed by atoms with Crippen LogP contribution < -0.4 is 5.32 Å². The number of hydrogen-bond acceptors (Lipinski definition) is 3. The summed E-state index contributed by atoms with van der Waals surface area (Å²) in [5, 5.41) is 4.14. The third-order valence-corrected chi connectivity index (χ3v) is 5.32. The molecule has 1 saturated heterocycles. The fraction of sp³-hybridized carbons (Fsp3) is 0.524. The molecule has 1 aromatic heterocycles. The Labute approximate surface area is 154 Å². The van der Waals surface area contributed by atoms with Gasteiger partial charge in [-0.2, -0.15) is 0 Å². The molecule has 5 nitrogen and oxygen atoms in total. The molecule has 140 valence electrons. The number of rotatable bonds is 4. The number of carbonyl (C=O) groups excluding carboxylic acids is 2. The summed E-state index contributed by atoms with van der Waals surface area (Å²) < 4.78 is 5.67. The van der Waals surface area contributed by atoms with E-state index < -0.39 is 0 Å². The lowest BCUT2D eigenvalue weighted by molar-refractivity contribution is -0.130. The van der Waals surface area contributed by atoms with E-state index in [1.165, 1.54) is 11.1 Å². The van der Waals surface area contributed by atoms with Crippen molar-refractivity contribution in [3.05, 3.63) is 35.1 Å². The van der Waals surface area contributed by atoms with E-state index in [0.29, 0.717) is 25.4 Å². The molecule has 1 fully saturated rings. The molecule has 0 radical (unpaired) electrons. The fourth-order valence-corrected chi connectivity index (χ4v) is 3.79. The van der Waals surface area contributed by atoms with Gasteiger partial charge in [-0.15, -0.1) is 0 Å². The smallest absolute Gasteiger partial charge is 0.224 e. The largest absolute Gasteiger partial charge is 0.464 e. The Bertz CT molecular complexity index is 814. The van der Waals surface area contributed by atoms with E-state index in [1.807, 2.05) is 4.90 Å². The van der Waals surface area contributed by atoms with E-state index in [2.05, 4.69) is 38.2 Å². The highest BCUT2D eigenvalue weighted by molar-refractivity contribution is 5.88. The third kappa shape index (κ3) is 3.92. The number of amides is 2. The number of fused-ring (bicyclic) bond motifs is 1. The van der Waals surface area contributed by atoms with Crippen molar-refractivity contribution in [1.29, 1.82) is 0 Å². The van der Waals surface area contributed by atoms with Gasteiger partial charge in [-0.25, -0.2) is 0 Å². The highest BCUT2D eigenvalue weighted by atomic mass is 16.3. The van der Waals surface area contributed by atoms with Gasteiger partial charge in [0.15, 0.2) is 0 Å². The highest BCUT2D eigenvalue weighted by Crippen LogP contribution is 2.29. The van der Waals surface area contributed by atoms with Crippen LogP contribution in [0.3, 0.4) is 0 Å². The average molecular weight is 356 g/mol. The zero-order valence-electron chi connectivity index (χ0n) is 16.1. The molecule has 26 heavy (non-hydrogen) atoms. The number of carbonyl (C=O) groups is 2. The molecule has 3 rings (SSSR count). The van der Waals surface area contributed by atoms with Crippen molar-refractivity contribution in [3.63, 3.8) is 0 Å². The molecule has 2 aromatic rings. The number of furan rings is 1. The minimum Gasteiger partial charge on any atom is -0.464 e. The predicted molar refractivity (Wildman–Crippen MR) is 102 cm³/mol. The highest BCUT2D eigenvalue weighted by Gasteiger charge is 2.22. The Morgan fingerprint density at radius 2 is 1.96 bits per heavy atom. The number of likely N-dealkylation sites (tertiary alicyclic amines) is 1. The predicted octanol–water partition coefficient (Wildman–Crippen LogP) is 3.53. The summed E-state index contributed by atoms with van der Waals surface area (Å²) in [4.78, 5) is 25.7. The first-order chi connectivity index (χ1) is 12.3. The number of nitrogens with zero attached hydrogens (tertiary/aromatic N) is 1. The first kappa shape index (κ1) is 18.5. The van der Waals surface area contributed by atoms with E-state index >= 15 is 0 Å². The second-order valence-electron chi connectivity index (χ2n) is 7.65. The number of aryl methyl sites for hydroxylation is 1. The topological polar surface area (TPSA) is 62.6 Å². The molecule has 0 aliphatic carbocycles. The van der Waals surface area contributed by atoms with Crippen LogP contribution in [-0.2, 0) is 16.0 Å². The maximum Gasteiger partial charge on any atom is 0.224 e. The molecule has 0 atom stereocenters. The zero-order valence-corrected chi connectivity index (χ0v) is 16.1. The molecule has 1 aliphatic rings. The Morgan fingerprint density at radius 3 is 2.58 bits per heavy atom. The van der Waals surface area contributed by atoms with Gasteiger partial charge in [0.2, 0.25) is 11.8 Å². The number of piperidine rings is 1. The summed E-state index contributed by atoms with van der Waals surface area (Å²) >= 11 is 0. The molecule has 0 spiro atoms. The van der Waals surface area contributed by atoms with Crippen molar-refractivity contribution < 1.29 is 14.0 Å². The van der Waals surface area contributed by atoms with Gasteiger partial charge >= 0.3 is 0 Å². The van der Waals surface area contributed by atoms with Crippen LogP contribution in [0.5, 0.6) is 0 Å². The van der Waals surface area contributed by atoms with Gasteiger partial charge in [-0.3, -0.25) is 9.59 Å². The first-order valence-electron chi connectivity index (χ1n) is 9.40. The molecular formula is C21H28N2O3. The zero-order chi connectivity index (χ0) is 18.8. The van der Waals surface area contributed by atoms with Crippen LogP contribution >= 0.6 is 0 Å². The maximum atomic E-state index is 12.5. The van der Waals surface area contributed by atoms with E-state index in [-0.39, 0.29) is 17.9 Å². The summed E-state index contributed by atoms with van der Waals surface area (Å²) in [6.45, 7) is 9.47. The monoisotopic (exact) mass is 356 g/mol. The Hall–Kier alpha value is -2.30. The lowest BCUT2D eigenvalue weighted by Gasteiger charge is -2.31. The van der Waals surface area contributed by atoms with Crippen molar-refractivity contribution in [2.45, 2.75) is 58.9 Å². The molecule has 2 heterocycles. The SMILES string of the molecule is CC(=O)N1CCC(NC(=O)Cc2coc3cc(C)c(C(C)C)cc23)CC1. The molecule has 1 N–H and O–H groups in total. The molecule has 5 heteroatoms. The van der Waals surface area contributed by atoms with Crippen molar-refractivity contribution in [2.24, 2.45) is 0 Å². The molecule has 1 aromatic carbocycles. The Balaban J connectivity index is 1.66. The maximum absolute atomic E-state index is 12.5. The van der Waals surface area contributed by atoms with E-state index in [1.54, 1.807) is 13.2 Å². The summed E-state index contributed by atoms with van der Waals surface area (Å²) in [5.74, 6) is 0.555. The fourth-order valence-electron chi connectivity index (χ4n) is 3.79. The summed E-state index contributed by atoms with van der Waals surface area (Å²) in [7, 11) is 0. The van der Waals surface area contributed by atoms with Crippen LogP contribution in [0.2, 0.25) is 0 Å². The van der Waals surface area contributed by atoms with Gasteiger partial charge in [-0.1, -0.05) is 13.8 Å². The lowest BCUT2D eigenvalue weighted by atomic mass is 9.95. The van der Waals surface area contributed by atoms with E-state index in [9.17, 15) is 9.59 Å².